The molecule has 0 saturated carbocycles. The van der Waals surface area contributed by atoms with E-state index in [0.717, 1.165) is 0 Å². The molecule has 0 aliphatic rings. The van der Waals surface area contributed by atoms with E-state index in [1.807, 2.05) is 0 Å². The molecule has 0 aromatic rings. The maximum atomic E-state index is 12.6. The first-order valence-electron chi connectivity index (χ1n) is 3.45. The molecule has 5 N–H and O–H groups in total. The summed E-state index contributed by atoms with van der Waals surface area (Å²) in [6.07, 6.45) is -1.35. The molecule has 1 atom stereocenters. The van der Waals surface area contributed by atoms with E-state index < -0.39 is 37.5 Å². The molecule has 0 amide bonds. The monoisotopic (exact) mass is 247 g/mol. The van der Waals surface area contributed by atoms with E-state index in [-0.39, 0.29) is 0 Å². The van der Waals surface area contributed by atoms with Crippen molar-refractivity contribution < 1.29 is 37.8 Å². The van der Waals surface area contributed by atoms with Crippen molar-refractivity contribution in [2.75, 3.05) is 0 Å². The fourth-order valence-electron chi connectivity index (χ4n) is 0.572. The fourth-order valence-corrected chi connectivity index (χ4v) is 0.988. The summed E-state index contributed by atoms with van der Waals surface area (Å²) in [5, 5.41) is 8.18. The Morgan fingerprint density at radius 2 is 1.80 bits per heavy atom. The van der Waals surface area contributed by atoms with Gasteiger partial charge in [-0.1, -0.05) is 0 Å². The first-order valence-corrected chi connectivity index (χ1v) is 5.06. The number of nitrogens with two attached hydrogens (primary N) is 1. The smallest absolute Gasteiger partial charge is 0.402 e. The van der Waals surface area contributed by atoms with Crippen LogP contribution in [-0.4, -0.2) is 38.4 Å². The van der Waals surface area contributed by atoms with Gasteiger partial charge in [0.05, 0.1) is 0 Å². The largest absolute Gasteiger partial charge is 0.480 e. The Balaban J connectivity index is 4.74. The van der Waals surface area contributed by atoms with Gasteiger partial charge in [-0.2, -0.15) is 8.78 Å². The molecular weight excluding hydrogens is 239 g/mol. The van der Waals surface area contributed by atoms with Crippen LogP contribution in [0.5, 0.6) is 0 Å². The van der Waals surface area contributed by atoms with Crippen LogP contribution in [0.1, 0.15) is 6.42 Å². The SMILES string of the molecule is N[C@@H](CC(=O)C(F)(F)P(=O)(O)O)C(=O)O. The number of carbonyl (C=O) groups is 2. The third kappa shape index (κ3) is 3.31. The van der Waals surface area contributed by atoms with E-state index in [9.17, 15) is 22.9 Å². The number of ketones is 1. The van der Waals surface area contributed by atoms with E-state index in [4.69, 9.17) is 20.6 Å². The maximum absolute atomic E-state index is 12.6. The Bertz CT molecular complexity index is 325. The Morgan fingerprint density at radius 1 is 1.40 bits per heavy atom. The number of rotatable bonds is 5. The van der Waals surface area contributed by atoms with Gasteiger partial charge in [-0.15, -0.1) is 0 Å². The Labute approximate surface area is 82.0 Å². The second-order valence-corrected chi connectivity index (χ2v) is 4.31. The molecule has 0 aromatic carbocycles. The average Bonchev–Trinajstić information content (AvgIpc) is 2.01. The van der Waals surface area contributed by atoms with E-state index in [1.54, 1.807) is 0 Å². The third-order valence-electron chi connectivity index (χ3n) is 1.42. The number of hydrogen-bond donors (Lipinski definition) is 4. The predicted molar refractivity (Wildman–Crippen MR) is 42.2 cm³/mol. The van der Waals surface area contributed by atoms with Crippen LogP contribution in [0.25, 0.3) is 0 Å². The van der Waals surface area contributed by atoms with Gasteiger partial charge in [-0.3, -0.25) is 14.2 Å². The highest BCUT2D eigenvalue weighted by atomic mass is 31.2. The summed E-state index contributed by atoms with van der Waals surface area (Å²) >= 11 is 0. The summed E-state index contributed by atoms with van der Waals surface area (Å²) in [5.41, 5.74) is -0.152. The molecule has 7 nitrogen and oxygen atoms in total. The van der Waals surface area contributed by atoms with Crippen LogP contribution in [-0.2, 0) is 14.2 Å². The summed E-state index contributed by atoms with van der Waals surface area (Å²) in [6, 6.07) is -1.92. The molecule has 15 heavy (non-hydrogen) atoms. The first kappa shape index (κ1) is 14.1. The molecule has 10 heteroatoms. The van der Waals surface area contributed by atoms with Gasteiger partial charge < -0.3 is 20.6 Å². The molecule has 0 fully saturated rings. The van der Waals surface area contributed by atoms with Gasteiger partial charge in [0.1, 0.15) is 6.04 Å². The van der Waals surface area contributed by atoms with Crippen LogP contribution >= 0.6 is 7.60 Å². The number of carboxylic acids is 1. The molecule has 0 aliphatic carbocycles. The zero-order chi connectivity index (χ0) is 12.4. The standard InChI is InChI=1S/C5H8F2NO6P/c6-5(7,15(12,13)14)3(9)1-2(8)4(10)11/h2H,1,8H2,(H,10,11)(H2,12,13,14)/t2-/m0/s1. The van der Waals surface area contributed by atoms with E-state index in [0.29, 0.717) is 0 Å². The minimum atomic E-state index is -5.94. The number of halogens is 2. The van der Waals surface area contributed by atoms with Gasteiger partial charge in [-0.25, -0.2) is 0 Å². The molecule has 0 rings (SSSR count). The zero-order valence-electron chi connectivity index (χ0n) is 7.13. The summed E-state index contributed by atoms with van der Waals surface area (Å²) in [5.74, 6) is -3.92. The van der Waals surface area contributed by atoms with Crippen molar-refractivity contribution in [2.45, 2.75) is 18.1 Å². The van der Waals surface area contributed by atoms with Crippen LogP contribution in [0.3, 0.4) is 0 Å². The van der Waals surface area contributed by atoms with Gasteiger partial charge in [0, 0.05) is 6.42 Å². The number of aliphatic carboxylic acids is 1. The molecule has 0 bridgehead atoms. The lowest BCUT2D eigenvalue weighted by Crippen LogP contribution is -2.38. The topological polar surface area (TPSA) is 138 Å². The first-order chi connectivity index (χ1) is 6.50. The molecule has 0 aromatic heterocycles. The van der Waals surface area contributed by atoms with Crippen molar-refractivity contribution in [2.24, 2.45) is 5.73 Å². The highest BCUT2D eigenvalue weighted by Gasteiger charge is 2.55. The lowest BCUT2D eigenvalue weighted by atomic mass is 10.1. The lowest BCUT2D eigenvalue weighted by Gasteiger charge is -2.16. The Morgan fingerprint density at radius 3 is 2.07 bits per heavy atom. The van der Waals surface area contributed by atoms with Crippen molar-refractivity contribution in [1.82, 2.24) is 0 Å². The number of Topliss-reactive ketones (excluding diaryl/α,β-unsaturated/α-hetero) is 1. The van der Waals surface area contributed by atoms with Crippen LogP contribution in [0.4, 0.5) is 8.78 Å². The maximum Gasteiger partial charge on any atom is 0.402 e. The number of carbonyl (C=O) groups excluding carboxylic acids is 1. The van der Waals surface area contributed by atoms with E-state index in [2.05, 4.69) is 0 Å². The number of hydrogen-bond acceptors (Lipinski definition) is 4. The fraction of sp³-hybridized carbons (Fsp3) is 0.600. The second-order valence-electron chi connectivity index (χ2n) is 2.66. The molecular formula is C5H8F2NO6P. The molecule has 0 saturated heterocycles. The Hall–Kier alpha value is -0.890. The van der Waals surface area contributed by atoms with Gasteiger partial charge in [0.25, 0.3) is 0 Å². The summed E-state index contributed by atoms with van der Waals surface area (Å²) in [4.78, 5) is 37.0. The minimum Gasteiger partial charge on any atom is -0.480 e. The third-order valence-corrected chi connectivity index (χ3v) is 2.40. The summed E-state index contributed by atoms with van der Waals surface area (Å²) < 4.78 is 35.4. The highest BCUT2D eigenvalue weighted by molar-refractivity contribution is 7.54. The van der Waals surface area contributed by atoms with Crippen molar-refractivity contribution >= 4 is 19.3 Å². The molecule has 0 aliphatic heterocycles. The lowest BCUT2D eigenvalue weighted by molar-refractivity contribution is -0.143. The van der Waals surface area contributed by atoms with Gasteiger partial charge >= 0.3 is 19.2 Å². The molecule has 0 unspecified atom stereocenters. The van der Waals surface area contributed by atoms with E-state index >= 15 is 0 Å². The summed E-state index contributed by atoms with van der Waals surface area (Å²) in [7, 11) is -5.94. The Kier molecular flexibility index (Phi) is 4.06. The summed E-state index contributed by atoms with van der Waals surface area (Å²) in [6.45, 7) is 0. The van der Waals surface area contributed by atoms with Crippen LogP contribution in [0.2, 0.25) is 0 Å². The predicted octanol–water partition coefficient (Wildman–Crippen LogP) is -0.872. The zero-order valence-corrected chi connectivity index (χ0v) is 8.03. The molecule has 0 heterocycles. The van der Waals surface area contributed by atoms with Crippen molar-refractivity contribution in [3.8, 4) is 0 Å². The number of carboxylic acid groups (broad SMARTS) is 1. The molecule has 0 radical (unpaired) electrons. The van der Waals surface area contributed by atoms with Gasteiger partial charge in [-0.05, 0) is 0 Å². The second kappa shape index (κ2) is 4.31. The number of alkyl halides is 2. The quantitative estimate of drug-likeness (QED) is 0.463. The van der Waals surface area contributed by atoms with Crippen LogP contribution < -0.4 is 5.73 Å². The van der Waals surface area contributed by atoms with Crippen molar-refractivity contribution in [3.05, 3.63) is 0 Å². The van der Waals surface area contributed by atoms with Gasteiger partial charge in [0.15, 0.2) is 0 Å². The van der Waals surface area contributed by atoms with E-state index in [1.165, 1.54) is 0 Å². The minimum absolute atomic E-state index is 1.35. The van der Waals surface area contributed by atoms with Crippen molar-refractivity contribution in [1.29, 1.82) is 0 Å². The highest BCUT2D eigenvalue weighted by Crippen LogP contribution is 2.53. The normalized spacial score (nSPS) is 14.7. The molecule has 0 spiro atoms. The average molecular weight is 247 g/mol. The van der Waals surface area contributed by atoms with Gasteiger partial charge in [0.2, 0.25) is 5.78 Å². The van der Waals surface area contributed by atoms with Crippen molar-refractivity contribution in [3.63, 3.8) is 0 Å². The van der Waals surface area contributed by atoms with Crippen LogP contribution in [0.15, 0.2) is 0 Å². The van der Waals surface area contributed by atoms with Crippen LogP contribution in [0, 0.1) is 0 Å². The molecule has 88 valence electrons.